The molecule has 0 bridgehead atoms. The Hall–Kier alpha value is -1.96. The first kappa shape index (κ1) is 28.1. The van der Waals surface area contributed by atoms with Crippen molar-refractivity contribution >= 4 is 38.3 Å². The molecule has 0 atom stereocenters. The molecule has 3 N–H and O–H groups in total. The fourth-order valence-corrected chi connectivity index (χ4v) is 7.26. The average molecular weight is 551 g/mol. The van der Waals surface area contributed by atoms with Crippen molar-refractivity contribution in [3.63, 3.8) is 0 Å². The van der Waals surface area contributed by atoms with Crippen LogP contribution in [0.25, 0.3) is 0 Å². The zero-order valence-electron chi connectivity index (χ0n) is 21.8. The minimum Gasteiger partial charge on any atom is -0.399 e. The quantitative estimate of drug-likeness (QED) is 0.528. The van der Waals surface area contributed by atoms with E-state index < -0.39 is 50.0 Å². The SMILES string of the molecule is CC1(O)CCC(N(c2ccccc2S(N)(=O)=O)S(=O)(=O)c2ccc(B3OC(C)(C)C(C)(C)O3)cc2)CC1. The summed E-state index contributed by atoms with van der Waals surface area (Å²) in [6.07, 6.45) is 1.47. The molecule has 1 saturated carbocycles. The van der Waals surface area contributed by atoms with Crippen LogP contribution in [-0.4, -0.2) is 51.9 Å². The van der Waals surface area contributed by atoms with E-state index in [4.69, 9.17) is 14.4 Å². The summed E-state index contributed by atoms with van der Waals surface area (Å²) >= 11 is 0. The van der Waals surface area contributed by atoms with E-state index in [9.17, 15) is 21.9 Å². The summed E-state index contributed by atoms with van der Waals surface area (Å²) in [6, 6.07) is 11.5. The summed E-state index contributed by atoms with van der Waals surface area (Å²) in [7, 11) is -9.07. The molecule has 0 aromatic heterocycles. The van der Waals surface area contributed by atoms with Gasteiger partial charge in [0.1, 0.15) is 4.90 Å². The minimum atomic E-state index is -4.21. The molecule has 0 spiro atoms. The van der Waals surface area contributed by atoms with E-state index >= 15 is 0 Å². The van der Waals surface area contributed by atoms with Crippen molar-refractivity contribution in [3.8, 4) is 0 Å². The number of sulfonamides is 2. The highest BCUT2D eigenvalue weighted by molar-refractivity contribution is 7.93. The Kier molecular flexibility index (Phi) is 7.09. The summed E-state index contributed by atoms with van der Waals surface area (Å²) in [5, 5.41) is 15.9. The average Bonchev–Trinajstić information content (AvgIpc) is 3.01. The second-order valence-corrected chi connectivity index (χ2v) is 14.5. The van der Waals surface area contributed by atoms with Crippen LogP contribution in [0, 0.1) is 0 Å². The third kappa shape index (κ3) is 5.46. The Morgan fingerprint density at radius 3 is 1.92 bits per heavy atom. The molecular weight excluding hydrogens is 515 g/mol. The van der Waals surface area contributed by atoms with Gasteiger partial charge in [0.05, 0.1) is 27.4 Å². The first-order chi connectivity index (χ1) is 16.9. The Morgan fingerprint density at radius 2 is 1.41 bits per heavy atom. The lowest BCUT2D eigenvalue weighted by atomic mass is 9.79. The fourth-order valence-electron chi connectivity index (χ4n) is 4.75. The second-order valence-electron chi connectivity index (χ2n) is 11.2. The third-order valence-electron chi connectivity index (χ3n) is 7.74. The molecule has 37 heavy (non-hydrogen) atoms. The van der Waals surface area contributed by atoms with Crippen molar-refractivity contribution in [2.75, 3.05) is 4.31 Å². The molecule has 1 aliphatic heterocycles. The summed E-state index contributed by atoms with van der Waals surface area (Å²) < 4.78 is 66.2. The maximum atomic E-state index is 14.1. The van der Waals surface area contributed by atoms with E-state index in [-0.39, 0.29) is 15.5 Å². The zero-order chi connectivity index (χ0) is 27.4. The van der Waals surface area contributed by atoms with Gasteiger partial charge in [0.25, 0.3) is 10.0 Å². The molecule has 0 amide bonds. The number of rotatable bonds is 6. The number of benzene rings is 2. The van der Waals surface area contributed by atoms with Gasteiger partial charge >= 0.3 is 7.12 Å². The zero-order valence-corrected chi connectivity index (χ0v) is 23.5. The van der Waals surface area contributed by atoms with Crippen LogP contribution in [0.3, 0.4) is 0 Å². The van der Waals surface area contributed by atoms with Gasteiger partial charge < -0.3 is 14.4 Å². The smallest absolute Gasteiger partial charge is 0.399 e. The Labute approximate surface area is 220 Å². The van der Waals surface area contributed by atoms with Crippen LogP contribution < -0.4 is 14.9 Å². The molecule has 2 aliphatic rings. The fraction of sp³-hybridized carbons (Fsp3) is 0.520. The van der Waals surface area contributed by atoms with E-state index in [2.05, 4.69) is 0 Å². The highest BCUT2D eigenvalue weighted by Gasteiger charge is 2.51. The van der Waals surface area contributed by atoms with Gasteiger partial charge in [-0.05, 0) is 90.0 Å². The Morgan fingerprint density at radius 1 is 0.892 bits per heavy atom. The van der Waals surface area contributed by atoms with Gasteiger partial charge in [0.15, 0.2) is 0 Å². The molecule has 1 saturated heterocycles. The van der Waals surface area contributed by atoms with Gasteiger partial charge in [-0.25, -0.2) is 22.0 Å². The van der Waals surface area contributed by atoms with Gasteiger partial charge in [-0.3, -0.25) is 4.31 Å². The van der Waals surface area contributed by atoms with Crippen molar-refractivity contribution in [2.45, 2.75) is 92.9 Å². The van der Waals surface area contributed by atoms with E-state index in [1.54, 1.807) is 25.1 Å². The molecule has 202 valence electrons. The molecule has 9 nitrogen and oxygen atoms in total. The Balaban J connectivity index is 1.74. The molecule has 2 fully saturated rings. The van der Waals surface area contributed by atoms with Crippen LogP contribution >= 0.6 is 0 Å². The maximum absolute atomic E-state index is 14.1. The topological polar surface area (TPSA) is 136 Å². The Bertz CT molecular complexity index is 1350. The molecule has 2 aromatic rings. The molecule has 12 heteroatoms. The predicted octanol–water partition coefficient (Wildman–Crippen LogP) is 2.52. The van der Waals surface area contributed by atoms with Gasteiger partial charge in [-0.1, -0.05) is 24.3 Å². The first-order valence-corrected chi connectivity index (χ1v) is 15.3. The lowest BCUT2D eigenvalue weighted by Crippen LogP contribution is -2.46. The molecule has 0 unspecified atom stereocenters. The van der Waals surface area contributed by atoms with E-state index in [1.165, 1.54) is 30.3 Å². The number of anilines is 1. The van der Waals surface area contributed by atoms with Gasteiger partial charge in [0, 0.05) is 6.04 Å². The summed E-state index contributed by atoms with van der Waals surface area (Å²) in [4.78, 5) is -0.279. The lowest BCUT2D eigenvalue weighted by molar-refractivity contribution is 0.00578. The molecule has 0 radical (unpaired) electrons. The van der Waals surface area contributed by atoms with E-state index in [1.807, 2.05) is 27.7 Å². The summed E-state index contributed by atoms with van der Waals surface area (Å²) in [5.74, 6) is 0. The maximum Gasteiger partial charge on any atom is 0.494 e. The van der Waals surface area contributed by atoms with Crippen molar-refractivity contribution < 1.29 is 31.3 Å². The highest BCUT2D eigenvalue weighted by atomic mass is 32.2. The number of nitrogens with zero attached hydrogens (tertiary/aromatic N) is 1. The van der Waals surface area contributed by atoms with Crippen molar-refractivity contribution in [2.24, 2.45) is 5.14 Å². The van der Waals surface area contributed by atoms with Crippen LogP contribution in [0.2, 0.25) is 0 Å². The van der Waals surface area contributed by atoms with Crippen molar-refractivity contribution in [3.05, 3.63) is 48.5 Å². The number of hydrogen-bond acceptors (Lipinski definition) is 7. The number of primary sulfonamides is 1. The van der Waals surface area contributed by atoms with Crippen LogP contribution in [0.15, 0.2) is 58.3 Å². The van der Waals surface area contributed by atoms with Crippen molar-refractivity contribution in [1.82, 2.24) is 0 Å². The summed E-state index contributed by atoms with van der Waals surface area (Å²) in [6.45, 7) is 9.47. The number of hydrogen-bond donors (Lipinski definition) is 2. The number of para-hydroxylation sites is 1. The van der Waals surface area contributed by atoms with Gasteiger partial charge in [-0.15, -0.1) is 0 Å². The number of nitrogens with two attached hydrogens (primary N) is 1. The highest BCUT2D eigenvalue weighted by Crippen LogP contribution is 2.39. The molecule has 1 aliphatic carbocycles. The van der Waals surface area contributed by atoms with Crippen LogP contribution in [-0.2, 0) is 29.4 Å². The summed E-state index contributed by atoms with van der Waals surface area (Å²) in [5.41, 5.74) is -1.33. The van der Waals surface area contributed by atoms with Crippen LogP contribution in [0.1, 0.15) is 60.3 Å². The third-order valence-corrected chi connectivity index (χ3v) is 10.6. The minimum absolute atomic E-state index is 0.00526. The van der Waals surface area contributed by atoms with E-state index in [0.29, 0.717) is 31.1 Å². The normalized spacial score (nSPS) is 25.7. The van der Waals surface area contributed by atoms with E-state index in [0.717, 1.165) is 4.31 Å². The van der Waals surface area contributed by atoms with Crippen LogP contribution in [0.4, 0.5) is 5.69 Å². The largest absolute Gasteiger partial charge is 0.494 e. The second kappa shape index (κ2) is 9.35. The standard InChI is InChI=1S/C25H35BN2O7S2/c1-23(2)24(3,4)35-26(34-23)18-10-12-20(13-11-18)37(32,33)28(19-14-16-25(5,29)17-15-19)21-8-6-7-9-22(21)36(27,30)31/h6-13,19,29H,14-17H2,1-5H3,(H2,27,30,31). The molecule has 1 heterocycles. The lowest BCUT2D eigenvalue weighted by Gasteiger charge is -2.40. The molecule has 2 aromatic carbocycles. The first-order valence-electron chi connectivity index (χ1n) is 12.3. The number of aliphatic hydroxyl groups is 1. The van der Waals surface area contributed by atoms with Crippen LogP contribution in [0.5, 0.6) is 0 Å². The predicted molar refractivity (Wildman–Crippen MR) is 143 cm³/mol. The van der Waals surface area contributed by atoms with Gasteiger partial charge in [-0.2, -0.15) is 0 Å². The molecule has 4 rings (SSSR count). The van der Waals surface area contributed by atoms with Crippen molar-refractivity contribution in [1.29, 1.82) is 0 Å². The molecular formula is C25H35BN2O7S2. The monoisotopic (exact) mass is 550 g/mol. The van der Waals surface area contributed by atoms with Gasteiger partial charge in [0.2, 0.25) is 10.0 Å².